The lowest BCUT2D eigenvalue weighted by molar-refractivity contribution is -0.0635. The predicted molar refractivity (Wildman–Crippen MR) is 149 cm³/mol. The van der Waals surface area contributed by atoms with Crippen LogP contribution in [0.4, 0.5) is 0 Å². The smallest absolute Gasteiger partial charge is 0.244 e. The molecule has 3 aromatic rings. The predicted octanol–water partition coefficient (Wildman–Crippen LogP) is 5.11. The first kappa shape index (κ1) is 26.6. The molecule has 0 spiro atoms. The minimum atomic E-state index is -3.80. The topological polar surface area (TPSA) is 73.6 Å². The highest BCUT2D eigenvalue weighted by Gasteiger charge is 2.50. The van der Waals surface area contributed by atoms with Crippen LogP contribution in [0.2, 0.25) is 0 Å². The number of benzene rings is 3. The van der Waals surface area contributed by atoms with Crippen molar-refractivity contribution < 1.29 is 13.2 Å². The van der Waals surface area contributed by atoms with Crippen LogP contribution in [0, 0.1) is 25.2 Å². The number of hydrogen-bond acceptors (Lipinski definition) is 5. The summed E-state index contributed by atoms with van der Waals surface area (Å²) in [7, 11) is -2.07. The zero-order chi connectivity index (χ0) is 26.9. The van der Waals surface area contributed by atoms with Crippen LogP contribution in [-0.4, -0.2) is 63.1 Å². The van der Waals surface area contributed by atoms with E-state index in [1.807, 2.05) is 0 Å². The molecule has 1 unspecified atom stereocenters. The standard InChI is InChI=1S/C31H35N3O3S/c1-22-9-8-11-27(23(22)2)24-13-15-25(16-14-24)31-28-20-33(17-6-7-18-34(28)29(31)21-37-3)38(35,36)30-12-5-4-10-26(30)19-32/h4-5,8-16,28-29,31H,6-7,17-18,20-21H2,1-3H3/t28-,29+,31?/m0/s1. The SMILES string of the molecule is COC[C@@H]1C(c2ccc(-c3cccc(C)c3C)cc2)[C@@H]2CN(S(=O)(=O)c3ccccc3C#N)CCCCN12. The van der Waals surface area contributed by atoms with Gasteiger partial charge in [-0.25, -0.2) is 8.42 Å². The van der Waals surface area contributed by atoms with Gasteiger partial charge in [0.25, 0.3) is 0 Å². The highest BCUT2D eigenvalue weighted by Crippen LogP contribution is 2.43. The van der Waals surface area contributed by atoms with Crippen LogP contribution < -0.4 is 0 Å². The summed E-state index contributed by atoms with van der Waals surface area (Å²) in [4.78, 5) is 2.52. The second-order valence-corrected chi connectivity index (χ2v) is 12.3. The molecule has 3 aromatic carbocycles. The Hall–Kier alpha value is -3.02. The van der Waals surface area contributed by atoms with Gasteiger partial charge in [0.15, 0.2) is 0 Å². The quantitative estimate of drug-likeness (QED) is 0.444. The molecule has 2 aliphatic rings. The van der Waals surface area contributed by atoms with Crippen molar-refractivity contribution in [1.29, 1.82) is 5.26 Å². The summed E-state index contributed by atoms with van der Waals surface area (Å²) in [6.45, 7) is 6.67. The van der Waals surface area contributed by atoms with E-state index in [1.165, 1.54) is 27.8 Å². The largest absolute Gasteiger partial charge is 0.383 e. The van der Waals surface area contributed by atoms with E-state index in [-0.39, 0.29) is 28.5 Å². The molecule has 6 nitrogen and oxygen atoms in total. The van der Waals surface area contributed by atoms with Crippen molar-refractivity contribution in [3.63, 3.8) is 0 Å². The lowest BCUT2D eigenvalue weighted by Gasteiger charge is -2.57. The van der Waals surface area contributed by atoms with Gasteiger partial charge < -0.3 is 4.74 Å². The third kappa shape index (κ3) is 4.78. The molecular formula is C31H35N3O3S. The number of aryl methyl sites for hydroxylation is 1. The minimum absolute atomic E-state index is 0.0472. The van der Waals surface area contributed by atoms with Gasteiger partial charge in [-0.1, -0.05) is 54.6 Å². The molecule has 7 heteroatoms. The maximum atomic E-state index is 13.8. The van der Waals surface area contributed by atoms with Crippen molar-refractivity contribution in [1.82, 2.24) is 9.21 Å². The molecule has 3 atom stereocenters. The van der Waals surface area contributed by atoms with Crippen LogP contribution in [0.25, 0.3) is 11.1 Å². The Kier molecular flexibility index (Phi) is 7.69. The van der Waals surface area contributed by atoms with Gasteiger partial charge in [-0.15, -0.1) is 0 Å². The van der Waals surface area contributed by atoms with Crippen LogP contribution in [0.5, 0.6) is 0 Å². The molecular weight excluding hydrogens is 494 g/mol. The lowest BCUT2D eigenvalue weighted by atomic mass is 9.74. The Morgan fingerprint density at radius 2 is 1.71 bits per heavy atom. The lowest BCUT2D eigenvalue weighted by Crippen LogP contribution is -2.68. The maximum Gasteiger partial charge on any atom is 0.244 e. The summed E-state index contributed by atoms with van der Waals surface area (Å²) in [5, 5.41) is 9.55. The summed E-state index contributed by atoms with van der Waals surface area (Å²) in [5.74, 6) is 0.157. The Balaban J connectivity index is 1.46. The monoisotopic (exact) mass is 529 g/mol. The summed E-state index contributed by atoms with van der Waals surface area (Å²) in [5.41, 5.74) is 6.37. The van der Waals surface area contributed by atoms with Crippen molar-refractivity contribution in [3.05, 3.63) is 89.0 Å². The summed E-state index contributed by atoms with van der Waals surface area (Å²) in [6, 6.07) is 24.0. The van der Waals surface area contributed by atoms with Gasteiger partial charge in [-0.3, -0.25) is 4.90 Å². The fourth-order valence-electron chi connectivity index (χ4n) is 6.15. The number of methoxy groups -OCH3 is 1. The third-order valence-corrected chi connectivity index (χ3v) is 10.2. The van der Waals surface area contributed by atoms with Gasteiger partial charge in [-0.05, 0) is 73.2 Å². The zero-order valence-electron chi connectivity index (χ0n) is 22.3. The molecule has 0 amide bonds. The molecule has 2 saturated heterocycles. The maximum absolute atomic E-state index is 13.8. The third-order valence-electron chi connectivity index (χ3n) is 8.32. The number of rotatable bonds is 6. The fraction of sp³-hybridized carbons (Fsp3) is 0.387. The van der Waals surface area contributed by atoms with Crippen molar-refractivity contribution in [2.24, 2.45) is 0 Å². The van der Waals surface area contributed by atoms with Crippen LogP contribution in [-0.2, 0) is 14.8 Å². The van der Waals surface area contributed by atoms with Crippen molar-refractivity contribution in [2.75, 3.05) is 33.4 Å². The van der Waals surface area contributed by atoms with E-state index in [9.17, 15) is 13.7 Å². The molecule has 0 aliphatic carbocycles. The van der Waals surface area contributed by atoms with Crippen LogP contribution in [0.1, 0.15) is 41.0 Å². The Morgan fingerprint density at radius 3 is 2.45 bits per heavy atom. The number of ether oxygens (including phenoxy) is 1. The molecule has 0 aromatic heterocycles. The van der Waals surface area contributed by atoms with E-state index in [2.05, 4.69) is 67.3 Å². The van der Waals surface area contributed by atoms with E-state index in [1.54, 1.807) is 35.7 Å². The number of fused-ring (bicyclic) bond motifs is 1. The molecule has 38 heavy (non-hydrogen) atoms. The summed E-state index contributed by atoms with van der Waals surface area (Å²) in [6.07, 6.45) is 1.70. The van der Waals surface area contributed by atoms with Crippen LogP contribution in [0.15, 0.2) is 71.6 Å². The molecule has 2 heterocycles. The average Bonchev–Trinajstić information content (AvgIpc) is 2.91. The molecule has 5 rings (SSSR count). The van der Waals surface area contributed by atoms with Gasteiger partial charge in [0, 0.05) is 38.2 Å². The van der Waals surface area contributed by atoms with E-state index in [0.717, 1.165) is 19.4 Å². The van der Waals surface area contributed by atoms with Crippen molar-refractivity contribution >= 4 is 10.0 Å². The van der Waals surface area contributed by atoms with Gasteiger partial charge >= 0.3 is 0 Å². The summed E-state index contributed by atoms with van der Waals surface area (Å²) < 4.78 is 34.7. The highest BCUT2D eigenvalue weighted by molar-refractivity contribution is 7.89. The zero-order valence-corrected chi connectivity index (χ0v) is 23.1. The first-order valence-electron chi connectivity index (χ1n) is 13.3. The van der Waals surface area contributed by atoms with Crippen LogP contribution >= 0.6 is 0 Å². The van der Waals surface area contributed by atoms with Crippen LogP contribution in [0.3, 0.4) is 0 Å². The van der Waals surface area contributed by atoms with Crippen molar-refractivity contribution in [3.8, 4) is 17.2 Å². The Labute approximate surface area is 226 Å². The molecule has 0 bridgehead atoms. The molecule has 2 aliphatic heterocycles. The van der Waals surface area contributed by atoms with Crippen molar-refractivity contribution in [2.45, 2.75) is 49.6 Å². The Morgan fingerprint density at radius 1 is 0.974 bits per heavy atom. The van der Waals surface area contributed by atoms with E-state index >= 15 is 0 Å². The number of nitrogens with zero attached hydrogens (tertiary/aromatic N) is 3. The first-order chi connectivity index (χ1) is 18.4. The number of hydrogen-bond donors (Lipinski definition) is 0. The second kappa shape index (κ2) is 11.0. The van der Waals surface area contributed by atoms with Gasteiger partial charge in [0.2, 0.25) is 10.0 Å². The van der Waals surface area contributed by atoms with E-state index in [4.69, 9.17) is 4.74 Å². The number of sulfonamides is 1. The van der Waals surface area contributed by atoms with Gasteiger partial charge in [0.1, 0.15) is 6.07 Å². The highest BCUT2D eigenvalue weighted by atomic mass is 32.2. The summed E-state index contributed by atoms with van der Waals surface area (Å²) >= 11 is 0. The molecule has 198 valence electrons. The fourth-order valence-corrected chi connectivity index (χ4v) is 7.79. The molecule has 0 radical (unpaired) electrons. The normalized spacial score (nSPS) is 22.5. The number of nitriles is 1. The average molecular weight is 530 g/mol. The van der Waals surface area contributed by atoms with E-state index in [0.29, 0.717) is 19.7 Å². The van der Waals surface area contributed by atoms with Gasteiger partial charge in [-0.2, -0.15) is 9.57 Å². The van der Waals surface area contributed by atoms with E-state index < -0.39 is 10.0 Å². The Bertz CT molecular complexity index is 1450. The first-order valence-corrected chi connectivity index (χ1v) is 14.7. The van der Waals surface area contributed by atoms with Gasteiger partial charge in [0.05, 0.1) is 17.1 Å². The molecule has 0 saturated carbocycles. The minimum Gasteiger partial charge on any atom is -0.383 e. The molecule has 0 N–H and O–H groups in total. The second-order valence-electron chi connectivity index (χ2n) is 10.4. The molecule has 2 fully saturated rings.